The van der Waals surface area contributed by atoms with E-state index in [1.807, 2.05) is 6.92 Å². The number of amides is 2. The Hall–Kier alpha value is -2.31. The number of carboxylic acids is 1. The molecule has 1 rings (SSSR count). The quantitative estimate of drug-likeness (QED) is 0.671. The van der Waals surface area contributed by atoms with Gasteiger partial charge in [-0.1, -0.05) is 6.92 Å². The van der Waals surface area contributed by atoms with Crippen LogP contribution in [0.3, 0.4) is 0 Å². The van der Waals surface area contributed by atoms with E-state index in [-0.39, 0.29) is 30.4 Å². The first-order chi connectivity index (χ1) is 9.04. The van der Waals surface area contributed by atoms with Crippen LogP contribution in [-0.2, 0) is 4.79 Å². The molecule has 0 fully saturated rings. The van der Waals surface area contributed by atoms with Gasteiger partial charge < -0.3 is 20.2 Å². The number of hydrogen-bond acceptors (Lipinski definition) is 4. The maximum Gasteiger partial charge on any atom is 0.371 e. The summed E-state index contributed by atoms with van der Waals surface area (Å²) in [5.74, 6) is -2.32. The molecular weight excluding hydrogens is 252 g/mol. The lowest BCUT2D eigenvalue weighted by Crippen LogP contribution is -2.30. The molecule has 3 N–H and O–H groups in total. The molecule has 7 nitrogen and oxygen atoms in total. The lowest BCUT2D eigenvalue weighted by Gasteiger charge is -2.04. The van der Waals surface area contributed by atoms with Crippen LogP contribution in [0, 0.1) is 0 Å². The van der Waals surface area contributed by atoms with Gasteiger partial charge in [0.25, 0.3) is 5.91 Å². The van der Waals surface area contributed by atoms with Gasteiger partial charge in [-0.15, -0.1) is 0 Å². The molecule has 0 atom stereocenters. The van der Waals surface area contributed by atoms with Crippen LogP contribution in [0.4, 0.5) is 0 Å². The minimum Gasteiger partial charge on any atom is -0.475 e. The lowest BCUT2D eigenvalue weighted by molar-refractivity contribution is -0.120. The molecule has 0 aliphatic rings. The Morgan fingerprint density at radius 1 is 1.16 bits per heavy atom. The standard InChI is InChI=1S/C12H16N2O5/c1-2-6-13-10(15)5-7-14-11(16)8-3-4-9(19-8)12(17)18/h3-4H,2,5-7H2,1H3,(H,13,15)(H,14,16)(H,17,18). The fourth-order valence-corrected chi connectivity index (χ4v) is 1.30. The predicted molar refractivity (Wildman–Crippen MR) is 65.9 cm³/mol. The van der Waals surface area contributed by atoms with E-state index >= 15 is 0 Å². The minimum absolute atomic E-state index is 0.0913. The fourth-order valence-electron chi connectivity index (χ4n) is 1.30. The highest BCUT2D eigenvalue weighted by molar-refractivity contribution is 5.93. The van der Waals surface area contributed by atoms with Crippen LogP contribution in [0.15, 0.2) is 16.5 Å². The second kappa shape index (κ2) is 7.20. The maximum absolute atomic E-state index is 11.5. The van der Waals surface area contributed by atoms with E-state index in [0.717, 1.165) is 6.42 Å². The minimum atomic E-state index is -1.24. The fraction of sp³-hybridized carbons (Fsp3) is 0.417. The van der Waals surface area contributed by atoms with E-state index in [2.05, 4.69) is 10.6 Å². The number of hydrogen-bond donors (Lipinski definition) is 3. The lowest BCUT2D eigenvalue weighted by atomic mass is 10.3. The zero-order chi connectivity index (χ0) is 14.3. The molecule has 1 heterocycles. The molecule has 0 aromatic carbocycles. The van der Waals surface area contributed by atoms with Crippen LogP contribution in [0.2, 0.25) is 0 Å². The Morgan fingerprint density at radius 2 is 1.84 bits per heavy atom. The molecule has 19 heavy (non-hydrogen) atoms. The second-order valence-corrected chi connectivity index (χ2v) is 3.82. The van der Waals surface area contributed by atoms with Crippen LogP contribution < -0.4 is 10.6 Å². The number of carbonyl (C=O) groups excluding carboxylic acids is 2. The monoisotopic (exact) mass is 268 g/mol. The molecule has 0 aliphatic heterocycles. The van der Waals surface area contributed by atoms with Crippen LogP contribution in [0.5, 0.6) is 0 Å². The van der Waals surface area contributed by atoms with Gasteiger partial charge in [0.2, 0.25) is 11.7 Å². The summed E-state index contributed by atoms with van der Waals surface area (Å²) in [7, 11) is 0. The van der Waals surface area contributed by atoms with Crippen LogP contribution in [-0.4, -0.2) is 36.0 Å². The van der Waals surface area contributed by atoms with Gasteiger partial charge in [0.1, 0.15) is 0 Å². The van der Waals surface area contributed by atoms with Crippen molar-refractivity contribution in [3.8, 4) is 0 Å². The third kappa shape index (κ3) is 4.82. The molecule has 7 heteroatoms. The van der Waals surface area contributed by atoms with Crippen molar-refractivity contribution in [1.29, 1.82) is 0 Å². The normalized spacial score (nSPS) is 9.95. The Morgan fingerprint density at radius 3 is 2.42 bits per heavy atom. The van der Waals surface area contributed by atoms with E-state index in [1.165, 1.54) is 12.1 Å². The molecule has 2 amide bonds. The van der Waals surface area contributed by atoms with Crippen LogP contribution in [0.1, 0.15) is 40.9 Å². The number of aromatic carboxylic acids is 1. The SMILES string of the molecule is CCCNC(=O)CCNC(=O)c1ccc(C(=O)O)o1. The topological polar surface area (TPSA) is 109 Å². The predicted octanol–water partition coefficient (Wildman–Crippen LogP) is 0.624. The number of carbonyl (C=O) groups is 3. The Kier molecular flexibility index (Phi) is 5.59. The summed E-state index contributed by atoms with van der Waals surface area (Å²) in [6.07, 6.45) is 1.01. The van der Waals surface area contributed by atoms with Gasteiger partial charge in [0, 0.05) is 19.5 Å². The number of rotatable bonds is 7. The van der Waals surface area contributed by atoms with E-state index in [4.69, 9.17) is 9.52 Å². The van der Waals surface area contributed by atoms with Crippen molar-refractivity contribution in [3.63, 3.8) is 0 Å². The number of furan rings is 1. The molecule has 1 aromatic heterocycles. The zero-order valence-electron chi connectivity index (χ0n) is 10.6. The van der Waals surface area contributed by atoms with Crippen molar-refractivity contribution in [2.75, 3.05) is 13.1 Å². The zero-order valence-corrected chi connectivity index (χ0v) is 10.6. The summed E-state index contributed by atoms with van der Waals surface area (Å²) >= 11 is 0. The highest BCUT2D eigenvalue weighted by Gasteiger charge is 2.14. The van der Waals surface area contributed by atoms with Crippen LogP contribution in [0.25, 0.3) is 0 Å². The summed E-state index contributed by atoms with van der Waals surface area (Å²) < 4.78 is 4.82. The van der Waals surface area contributed by atoms with Crippen molar-refractivity contribution in [3.05, 3.63) is 23.7 Å². The summed E-state index contributed by atoms with van der Waals surface area (Å²) in [5, 5.41) is 13.8. The van der Waals surface area contributed by atoms with Gasteiger partial charge in [-0.05, 0) is 18.6 Å². The Balaban J connectivity index is 2.34. The van der Waals surface area contributed by atoms with Crippen molar-refractivity contribution in [2.45, 2.75) is 19.8 Å². The molecule has 0 radical (unpaired) electrons. The van der Waals surface area contributed by atoms with Crippen LogP contribution >= 0.6 is 0 Å². The van der Waals surface area contributed by atoms with E-state index < -0.39 is 11.9 Å². The Bertz CT molecular complexity index is 466. The average Bonchev–Trinajstić information content (AvgIpc) is 2.86. The molecule has 0 bridgehead atoms. The average molecular weight is 268 g/mol. The third-order valence-corrected chi connectivity index (χ3v) is 2.25. The molecule has 1 aromatic rings. The molecule has 0 spiro atoms. The van der Waals surface area contributed by atoms with Gasteiger partial charge in [-0.3, -0.25) is 9.59 Å². The summed E-state index contributed by atoms with van der Waals surface area (Å²) in [6, 6.07) is 2.47. The highest BCUT2D eigenvalue weighted by atomic mass is 16.4. The van der Waals surface area contributed by atoms with Gasteiger partial charge in [-0.25, -0.2) is 4.79 Å². The molecule has 0 saturated heterocycles. The molecule has 0 unspecified atom stereocenters. The smallest absolute Gasteiger partial charge is 0.371 e. The first kappa shape index (κ1) is 14.7. The van der Waals surface area contributed by atoms with E-state index in [1.54, 1.807) is 0 Å². The number of carboxylic acid groups (broad SMARTS) is 1. The molecular formula is C12H16N2O5. The summed E-state index contributed by atoms with van der Waals surface area (Å²) in [5.41, 5.74) is 0. The number of nitrogens with one attached hydrogen (secondary N) is 2. The first-order valence-corrected chi connectivity index (χ1v) is 5.92. The Labute approximate surface area is 110 Å². The summed E-state index contributed by atoms with van der Waals surface area (Å²) in [6.45, 7) is 2.71. The van der Waals surface area contributed by atoms with E-state index in [9.17, 15) is 14.4 Å². The van der Waals surface area contributed by atoms with Gasteiger partial charge in [0.05, 0.1) is 0 Å². The largest absolute Gasteiger partial charge is 0.475 e. The summed E-state index contributed by atoms with van der Waals surface area (Å²) in [4.78, 5) is 33.4. The maximum atomic E-state index is 11.5. The molecule has 104 valence electrons. The van der Waals surface area contributed by atoms with Gasteiger partial charge in [0.15, 0.2) is 5.76 Å². The highest BCUT2D eigenvalue weighted by Crippen LogP contribution is 2.07. The van der Waals surface area contributed by atoms with Crippen molar-refractivity contribution >= 4 is 17.8 Å². The van der Waals surface area contributed by atoms with Crippen molar-refractivity contribution in [2.24, 2.45) is 0 Å². The van der Waals surface area contributed by atoms with Crippen molar-refractivity contribution in [1.82, 2.24) is 10.6 Å². The van der Waals surface area contributed by atoms with Crippen molar-refractivity contribution < 1.29 is 23.9 Å². The van der Waals surface area contributed by atoms with Gasteiger partial charge >= 0.3 is 5.97 Å². The first-order valence-electron chi connectivity index (χ1n) is 5.92. The second-order valence-electron chi connectivity index (χ2n) is 3.82. The third-order valence-electron chi connectivity index (χ3n) is 2.25. The van der Waals surface area contributed by atoms with E-state index in [0.29, 0.717) is 6.54 Å². The van der Waals surface area contributed by atoms with Gasteiger partial charge in [-0.2, -0.15) is 0 Å². The molecule has 0 aliphatic carbocycles. The molecule has 0 saturated carbocycles.